The van der Waals surface area contributed by atoms with Crippen molar-refractivity contribution < 1.29 is 8.78 Å². The number of hydrogen-bond donors (Lipinski definition) is 1. The first-order chi connectivity index (χ1) is 7.68. The number of nitrogens with zero attached hydrogens (tertiary/aromatic N) is 1. The Bertz CT molecular complexity index is 451. The lowest BCUT2D eigenvalue weighted by Gasteiger charge is -2.14. The van der Waals surface area contributed by atoms with E-state index in [0.717, 1.165) is 4.88 Å². The van der Waals surface area contributed by atoms with Crippen molar-refractivity contribution in [2.45, 2.75) is 13.0 Å². The third kappa shape index (κ3) is 2.19. The average molecular weight is 240 g/mol. The second-order valence-corrected chi connectivity index (χ2v) is 4.28. The fourth-order valence-electron chi connectivity index (χ4n) is 1.36. The van der Waals surface area contributed by atoms with E-state index >= 15 is 0 Å². The van der Waals surface area contributed by atoms with Gasteiger partial charge in [0.25, 0.3) is 0 Å². The summed E-state index contributed by atoms with van der Waals surface area (Å²) in [6, 6.07) is 3.63. The van der Waals surface area contributed by atoms with Crippen molar-refractivity contribution in [2.75, 3.05) is 5.32 Å². The molecule has 0 saturated carbocycles. The van der Waals surface area contributed by atoms with E-state index in [1.54, 1.807) is 11.7 Å². The van der Waals surface area contributed by atoms with E-state index in [9.17, 15) is 8.78 Å². The molecule has 2 nitrogen and oxygen atoms in total. The first-order valence-corrected chi connectivity index (χ1v) is 5.65. The van der Waals surface area contributed by atoms with Gasteiger partial charge in [-0.1, -0.05) is 6.07 Å². The van der Waals surface area contributed by atoms with Crippen molar-refractivity contribution in [1.82, 2.24) is 4.98 Å². The first-order valence-electron chi connectivity index (χ1n) is 4.77. The molecule has 0 saturated heterocycles. The van der Waals surface area contributed by atoms with Gasteiger partial charge in [0.15, 0.2) is 0 Å². The Morgan fingerprint density at radius 2 is 2.00 bits per heavy atom. The summed E-state index contributed by atoms with van der Waals surface area (Å²) >= 11 is 1.44. The molecule has 5 heteroatoms. The minimum absolute atomic E-state index is 0.0941. The Morgan fingerprint density at radius 1 is 1.31 bits per heavy atom. The first kappa shape index (κ1) is 11.0. The van der Waals surface area contributed by atoms with E-state index in [1.807, 2.05) is 6.92 Å². The van der Waals surface area contributed by atoms with Crippen LogP contribution in [-0.4, -0.2) is 4.98 Å². The Hall–Kier alpha value is -1.49. The van der Waals surface area contributed by atoms with Crippen molar-refractivity contribution in [3.63, 3.8) is 0 Å². The van der Waals surface area contributed by atoms with Crippen LogP contribution >= 0.6 is 11.3 Å². The molecule has 2 rings (SSSR count). The Labute approximate surface area is 96.0 Å². The summed E-state index contributed by atoms with van der Waals surface area (Å²) in [5.41, 5.74) is 1.59. The summed E-state index contributed by atoms with van der Waals surface area (Å²) in [4.78, 5) is 4.85. The maximum atomic E-state index is 13.3. The lowest BCUT2D eigenvalue weighted by Crippen LogP contribution is -2.08. The van der Waals surface area contributed by atoms with E-state index in [1.165, 1.54) is 29.5 Å². The Balaban J connectivity index is 2.21. The number of hydrogen-bond acceptors (Lipinski definition) is 3. The second kappa shape index (κ2) is 4.57. The van der Waals surface area contributed by atoms with Crippen molar-refractivity contribution in [3.05, 3.63) is 46.4 Å². The van der Waals surface area contributed by atoms with Crippen molar-refractivity contribution in [1.29, 1.82) is 0 Å². The number of anilines is 1. The van der Waals surface area contributed by atoms with Gasteiger partial charge in [-0.2, -0.15) is 0 Å². The summed E-state index contributed by atoms with van der Waals surface area (Å²) in [6.45, 7) is 1.83. The number of benzene rings is 1. The van der Waals surface area contributed by atoms with E-state index in [0.29, 0.717) is 0 Å². The largest absolute Gasteiger partial charge is 0.373 e. The zero-order chi connectivity index (χ0) is 11.5. The number of rotatable bonds is 3. The van der Waals surface area contributed by atoms with E-state index in [2.05, 4.69) is 10.3 Å². The molecule has 1 aromatic carbocycles. The fraction of sp³-hybridized carbons (Fsp3) is 0.182. The van der Waals surface area contributed by atoms with Crippen LogP contribution in [0, 0.1) is 11.6 Å². The average Bonchev–Trinajstić information content (AvgIpc) is 2.76. The van der Waals surface area contributed by atoms with Gasteiger partial charge in [-0.25, -0.2) is 8.78 Å². The summed E-state index contributed by atoms with van der Waals surface area (Å²) < 4.78 is 26.7. The highest BCUT2D eigenvalue weighted by atomic mass is 32.1. The third-order valence-corrected chi connectivity index (χ3v) is 3.16. The smallest absolute Gasteiger partial charge is 0.149 e. The van der Waals surface area contributed by atoms with Crippen LogP contribution in [0.4, 0.5) is 14.5 Å². The molecule has 1 heterocycles. The predicted octanol–water partition coefficient (Wildman–Crippen LogP) is 3.59. The van der Waals surface area contributed by atoms with Crippen LogP contribution in [0.1, 0.15) is 17.8 Å². The van der Waals surface area contributed by atoms with Gasteiger partial charge >= 0.3 is 0 Å². The summed E-state index contributed by atoms with van der Waals surface area (Å²) in [7, 11) is 0. The Kier molecular flexibility index (Phi) is 3.14. The van der Waals surface area contributed by atoms with Gasteiger partial charge in [-0.3, -0.25) is 4.98 Å². The van der Waals surface area contributed by atoms with Crippen LogP contribution in [0.2, 0.25) is 0 Å². The van der Waals surface area contributed by atoms with E-state index < -0.39 is 11.6 Å². The highest BCUT2D eigenvalue weighted by molar-refractivity contribution is 7.09. The van der Waals surface area contributed by atoms with E-state index in [-0.39, 0.29) is 11.7 Å². The van der Waals surface area contributed by atoms with Crippen LogP contribution in [0.3, 0.4) is 0 Å². The summed E-state index contributed by atoms with van der Waals surface area (Å²) in [5, 5.41) is 2.80. The third-order valence-electron chi connectivity index (χ3n) is 2.20. The van der Waals surface area contributed by atoms with Crippen LogP contribution in [0.5, 0.6) is 0 Å². The quantitative estimate of drug-likeness (QED) is 0.886. The molecule has 0 bridgehead atoms. The van der Waals surface area contributed by atoms with Crippen molar-refractivity contribution >= 4 is 17.0 Å². The molecule has 0 spiro atoms. The summed E-state index contributed by atoms with van der Waals surface area (Å²) in [6.07, 6.45) is 1.68. The lowest BCUT2D eigenvalue weighted by atomic mass is 10.2. The molecule has 0 fully saturated rings. The van der Waals surface area contributed by atoms with Gasteiger partial charge in [0.1, 0.15) is 17.3 Å². The van der Waals surface area contributed by atoms with E-state index in [4.69, 9.17) is 0 Å². The maximum absolute atomic E-state index is 13.3. The molecule has 1 atom stereocenters. The second-order valence-electron chi connectivity index (χ2n) is 3.37. The molecular weight excluding hydrogens is 230 g/mol. The fourth-order valence-corrected chi connectivity index (χ4v) is 1.99. The molecule has 0 aliphatic carbocycles. The van der Waals surface area contributed by atoms with Gasteiger partial charge in [0.2, 0.25) is 0 Å². The number of nitrogens with one attached hydrogen (secondary N) is 1. The molecule has 1 unspecified atom stereocenters. The SMILES string of the molecule is CC(Nc1c(F)cccc1F)c1cncs1. The topological polar surface area (TPSA) is 24.9 Å². The molecular formula is C11H10F2N2S. The lowest BCUT2D eigenvalue weighted by molar-refractivity contribution is 0.585. The zero-order valence-corrected chi connectivity index (χ0v) is 9.39. The Morgan fingerprint density at radius 3 is 2.56 bits per heavy atom. The van der Waals surface area contributed by atoms with Gasteiger partial charge in [0, 0.05) is 11.1 Å². The number of thiazole rings is 1. The van der Waals surface area contributed by atoms with Crippen molar-refractivity contribution in [2.24, 2.45) is 0 Å². The highest BCUT2D eigenvalue weighted by Crippen LogP contribution is 2.25. The highest BCUT2D eigenvalue weighted by Gasteiger charge is 2.13. The number of halogens is 2. The molecule has 16 heavy (non-hydrogen) atoms. The number of para-hydroxylation sites is 1. The molecule has 0 aliphatic heterocycles. The molecule has 84 valence electrons. The standard InChI is InChI=1S/C11H10F2N2S/c1-7(10-5-14-6-16-10)15-11-8(12)3-2-4-9(11)13/h2-7,15H,1H3. The molecule has 0 amide bonds. The summed E-state index contributed by atoms with van der Waals surface area (Å²) in [5.74, 6) is -1.17. The van der Waals surface area contributed by atoms with Crippen molar-refractivity contribution in [3.8, 4) is 0 Å². The molecule has 2 aromatic rings. The van der Waals surface area contributed by atoms with Gasteiger partial charge in [0.05, 0.1) is 11.6 Å². The van der Waals surface area contributed by atoms with Crippen LogP contribution in [0.15, 0.2) is 29.9 Å². The van der Waals surface area contributed by atoms with Crippen LogP contribution in [0.25, 0.3) is 0 Å². The maximum Gasteiger partial charge on any atom is 0.149 e. The normalized spacial score (nSPS) is 12.4. The van der Waals surface area contributed by atoms with Gasteiger partial charge < -0.3 is 5.32 Å². The zero-order valence-electron chi connectivity index (χ0n) is 8.58. The molecule has 0 aliphatic rings. The van der Waals surface area contributed by atoms with Crippen LogP contribution < -0.4 is 5.32 Å². The minimum atomic E-state index is -0.587. The van der Waals surface area contributed by atoms with Gasteiger partial charge in [-0.05, 0) is 19.1 Å². The molecule has 0 radical (unpaired) electrons. The predicted molar refractivity (Wildman–Crippen MR) is 60.5 cm³/mol. The minimum Gasteiger partial charge on any atom is -0.373 e. The monoisotopic (exact) mass is 240 g/mol. The van der Waals surface area contributed by atoms with Gasteiger partial charge in [-0.15, -0.1) is 11.3 Å². The molecule has 1 N–H and O–H groups in total. The molecule has 1 aromatic heterocycles. The van der Waals surface area contributed by atoms with Crippen LogP contribution in [-0.2, 0) is 0 Å². The number of aromatic nitrogens is 1.